The lowest BCUT2D eigenvalue weighted by Crippen LogP contribution is -2.46. The summed E-state index contributed by atoms with van der Waals surface area (Å²) in [4.78, 5) is 40.1. The first-order valence-corrected chi connectivity index (χ1v) is 8.84. The standard InChI is InChI=1S/C20H19N5O3/c1-14-8-15(10-21-9-14)24(11-18-22-6-7-23-18)19(26)12-25-16-4-2-3-5-17(16)28-13-20(25)27/h2-10H,11-13H2,1H3,(H,22,23). The van der Waals surface area contributed by atoms with Crippen LogP contribution in [0, 0.1) is 6.92 Å². The molecule has 2 aromatic heterocycles. The minimum Gasteiger partial charge on any atom is -0.482 e. The van der Waals surface area contributed by atoms with Crippen molar-refractivity contribution in [3.05, 3.63) is 66.5 Å². The Bertz CT molecular complexity index is 1000. The molecular weight excluding hydrogens is 358 g/mol. The number of nitrogens with zero attached hydrogens (tertiary/aromatic N) is 4. The molecule has 0 aliphatic carbocycles. The van der Waals surface area contributed by atoms with Gasteiger partial charge in [0, 0.05) is 18.6 Å². The first-order valence-electron chi connectivity index (χ1n) is 8.84. The van der Waals surface area contributed by atoms with Crippen LogP contribution in [0.4, 0.5) is 11.4 Å². The maximum atomic E-state index is 13.2. The first-order chi connectivity index (χ1) is 13.6. The lowest BCUT2D eigenvalue weighted by atomic mass is 10.2. The number of pyridine rings is 1. The summed E-state index contributed by atoms with van der Waals surface area (Å²) in [7, 11) is 0. The van der Waals surface area contributed by atoms with Crippen molar-refractivity contribution in [3.8, 4) is 5.75 Å². The van der Waals surface area contributed by atoms with Crippen molar-refractivity contribution in [2.75, 3.05) is 23.0 Å². The van der Waals surface area contributed by atoms with Crippen LogP contribution in [0.15, 0.2) is 55.1 Å². The molecule has 142 valence electrons. The summed E-state index contributed by atoms with van der Waals surface area (Å²) in [5.74, 6) is 0.731. The zero-order valence-electron chi connectivity index (χ0n) is 15.3. The van der Waals surface area contributed by atoms with Gasteiger partial charge in [-0.2, -0.15) is 0 Å². The third-order valence-corrected chi connectivity index (χ3v) is 4.44. The molecule has 0 radical (unpaired) electrons. The van der Waals surface area contributed by atoms with Crippen LogP contribution < -0.4 is 14.5 Å². The van der Waals surface area contributed by atoms with Crippen LogP contribution >= 0.6 is 0 Å². The molecule has 0 atom stereocenters. The van der Waals surface area contributed by atoms with Gasteiger partial charge in [-0.1, -0.05) is 12.1 Å². The van der Waals surface area contributed by atoms with Crippen LogP contribution in [-0.2, 0) is 16.1 Å². The van der Waals surface area contributed by atoms with E-state index in [1.807, 2.05) is 25.1 Å². The van der Waals surface area contributed by atoms with Gasteiger partial charge in [0.1, 0.15) is 18.1 Å². The zero-order chi connectivity index (χ0) is 19.5. The molecule has 8 nitrogen and oxygen atoms in total. The van der Waals surface area contributed by atoms with Gasteiger partial charge in [0.2, 0.25) is 5.91 Å². The quantitative estimate of drug-likeness (QED) is 0.735. The summed E-state index contributed by atoms with van der Waals surface area (Å²) in [5, 5.41) is 0. The normalized spacial score (nSPS) is 13.0. The summed E-state index contributed by atoms with van der Waals surface area (Å²) in [6.07, 6.45) is 6.69. The molecule has 4 rings (SSSR count). The maximum Gasteiger partial charge on any atom is 0.265 e. The molecule has 1 N–H and O–H groups in total. The number of anilines is 2. The molecule has 1 aliphatic heterocycles. The third kappa shape index (κ3) is 3.57. The van der Waals surface area contributed by atoms with E-state index >= 15 is 0 Å². The number of aromatic amines is 1. The number of hydrogen-bond donors (Lipinski definition) is 1. The number of benzene rings is 1. The Kier molecular flexibility index (Phi) is 4.76. The Morgan fingerprint density at radius 3 is 2.96 bits per heavy atom. The number of aryl methyl sites for hydroxylation is 1. The van der Waals surface area contributed by atoms with Crippen molar-refractivity contribution in [1.82, 2.24) is 15.0 Å². The molecule has 0 saturated carbocycles. The minimum atomic E-state index is -0.257. The minimum absolute atomic E-state index is 0.0888. The highest BCUT2D eigenvalue weighted by molar-refractivity contribution is 6.05. The van der Waals surface area contributed by atoms with E-state index in [2.05, 4.69) is 15.0 Å². The number of aromatic nitrogens is 3. The molecule has 0 bridgehead atoms. The van der Waals surface area contributed by atoms with Gasteiger partial charge in [0.25, 0.3) is 5.91 Å². The van der Waals surface area contributed by atoms with Gasteiger partial charge >= 0.3 is 0 Å². The molecule has 0 spiro atoms. The number of H-pyrrole nitrogens is 1. The van der Waals surface area contributed by atoms with E-state index in [0.29, 0.717) is 22.9 Å². The molecule has 1 aliphatic rings. The number of amides is 2. The molecule has 8 heteroatoms. The number of ether oxygens (including phenoxy) is 1. The SMILES string of the molecule is Cc1cncc(N(Cc2ncc[nH]2)C(=O)CN2C(=O)COc3ccccc32)c1. The van der Waals surface area contributed by atoms with E-state index in [9.17, 15) is 9.59 Å². The van der Waals surface area contributed by atoms with Gasteiger partial charge in [-0.3, -0.25) is 19.5 Å². The van der Waals surface area contributed by atoms with Crippen LogP contribution in [0.1, 0.15) is 11.4 Å². The second kappa shape index (κ2) is 7.51. The Morgan fingerprint density at radius 1 is 1.32 bits per heavy atom. The number of nitrogens with one attached hydrogen (secondary N) is 1. The predicted molar refractivity (Wildman–Crippen MR) is 103 cm³/mol. The zero-order valence-corrected chi connectivity index (χ0v) is 15.3. The number of para-hydroxylation sites is 2. The number of fused-ring (bicyclic) bond motifs is 1. The van der Waals surface area contributed by atoms with E-state index in [-0.39, 0.29) is 31.5 Å². The molecule has 0 unspecified atom stereocenters. The van der Waals surface area contributed by atoms with Crippen molar-refractivity contribution in [2.24, 2.45) is 0 Å². The van der Waals surface area contributed by atoms with Crippen molar-refractivity contribution in [3.63, 3.8) is 0 Å². The number of imidazole rings is 1. The van der Waals surface area contributed by atoms with Crippen molar-refractivity contribution >= 4 is 23.2 Å². The number of rotatable bonds is 5. The second-order valence-corrected chi connectivity index (χ2v) is 6.47. The van der Waals surface area contributed by atoms with E-state index < -0.39 is 0 Å². The Balaban J connectivity index is 1.63. The molecule has 3 aromatic rings. The van der Waals surface area contributed by atoms with Crippen LogP contribution in [0.3, 0.4) is 0 Å². The highest BCUT2D eigenvalue weighted by atomic mass is 16.5. The van der Waals surface area contributed by atoms with Gasteiger partial charge in [0.15, 0.2) is 6.61 Å². The van der Waals surface area contributed by atoms with Gasteiger partial charge in [0.05, 0.1) is 24.1 Å². The smallest absolute Gasteiger partial charge is 0.265 e. The lowest BCUT2D eigenvalue weighted by molar-refractivity contribution is -0.124. The van der Waals surface area contributed by atoms with Crippen LogP contribution in [0.25, 0.3) is 0 Å². The highest BCUT2D eigenvalue weighted by Gasteiger charge is 2.29. The van der Waals surface area contributed by atoms with Crippen molar-refractivity contribution in [1.29, 1.82) is 0 Å². The highest BCUT2D eigenvalue weighted by Crippen LogP contribution is 2.31. The maximum absolute atomic E-state index is 13.2. The molecule has 2 amide bonds. The molecule has 0 saturated heterocycles. The molecule has 3 heterocycles. The number of hydrogen-bond acceptors (Lipinski definition) is 5. The van der Waals surface area contributed by atoms with Gasteiger partial charge in [-0.25, -0.2) is 4.98 Å². The second-order valence-electron chi connectivity index (χ2n) is 6.47. The van der Waals surface area contributed by atoms with Crippen molar-refractivity contribution in [2.45, 2.75) is 13.5 Å². The monoisotopic (exact) mass is 377 g/mol. The van der Waals surface area contributed by atoms with E-state index in [1.165, 1.54) is 4.90 Å². The van der Waals surface area contributed by atoms with Gasteiger partial charge < -0.3 is 14.6 Å². The molecular formula is C20H19N5O3. The average Bonchev–Trinajstić information content (AvgIpc) is 3.21. The molecule has 28 heavy (non-hydrogen) atoms. The van der Waals surface area contributed by atoms with E-state index in [0.717, 1.165) is 5.56 Å². The fourth-order valence-electron chi connectivity index (χ4n) is 3.09. The summed E-state index contributed by atoms with van der Waals surface area (Å²) in [6.45, 7) is 1.97. The number of carbonyl (C=O) groups excluding carboxylic acids is 2. The van der Waals surface area contributed by atoms with Gasteiger partial charge in [-0.05, 0) is 30.7 Å². The first kappa shape index (κ1) is 17.7. The summed E-state index contributed by atoms with van der Waals surface area (Å²) in [5.41, 5.74) is 2.17. The summed E-state index contributed by atoms with van der Waals surface area (Å²) in [6, 6.07) is 9.07. The average molecular weight is 377 g/mol. The van der Waals surface area contributed by atoms with Crippen molar-refractivity contribution < 1.29 is 14.3 Å². The number of carbonyl (C=O) groups is 2. The Morgan fingerprint density at radius 2 is 2.18 bits per heavy atom. The third-order valence-electron chi connectivity index (χ3n) is 4.44. The Hall–Kier alpha value is -3.68. The fraction of sp³-hybridized carbons (Fsp3) is 0.200. The topological polar surface area (TPSA) is 91.4 Å². The Labute approximate surface area is 161 Å². The van der Waals surface area contributed by atoms with E-state index in [4.69, 9.17) is 4.74 Å². The van der Waals surface area contributed by atoms with Crippen LogP contribution in [0.5, 0.6) is 5.75 Å². The van der Waals surface area contributed by atoms with Crippen LogP contribution in [-0.4, -0.2) is 39.9 Å². The van der Waals surface area contributed by atoms with Crippen LogP contribution in [0.2, 0.25) is 0 Å². The van der Waals surface area contributed by atoms with E-state index in [1.54, 1.807) is 41.8 Å². The summed E-state index contributed by atoms with van der Waals surface area (Å²) >= 11 is 0. The summed E-state index contributed by atoms with van der Waals surface area (Å²) < 4.78 is 5.45. The largest absolute Gasteiger partial charge is 0.482 e. The fourth-order valence-corrected chi connectivity index (χ4v) is 3.09. The lowest BCUT2D eigenvalue weighted by Gasteiger charge is -2.31. The predicted octanol–water partition coefficient (Wildman–Crippen LogP) is 2.07. The molecule has 1 aromatic carbocycles. The van der Waals surface area contributed by atoms with Gasteiger partial charge in [-0.15, -0.1) is 0 Å². The molecule has 0 fully saturated rings.